The fourth-order valence-electron chi connectivity index (χ4n) is 3.10. The SMILES string of the molecule is CCN(CC)CCN(C(=O)COc1ccc(C)cc1)c1nc2ccc(OC)cc2s1. The predicted octanol–water partition coefficient (Wildman–Crippen LogP) is 4.37. The standard InChI is InChI=1S/C23H29N3O3S/c1-5-25(6-2)13-14-26(22(27)16-29-18-9-7-17(3)8-10-18)23-24-20-12-11-19(28-4)15-21(20)30-23/h7-12,15H,5-6,13-14,16H2,1-4H3. The molecule has 3 aromatic rings. The summed E-state index contributed by atoms with van der Waals surface area (Å²) < 4.78 is 12.1. The smallest absolute Gasteiger partial charge is 0.266 e. The molecular weight excluding hydrogens is 398 g/mol. The monoisotopic (exact) mass is 427 g/mol. The lowest BCUT2D eigenvalue weighted by Gasteiger charge is -2.24. The summed E-state index contributed by atoms with van der Waals surface area (Å²) in [6, 6.07) is 13.5. The molecule has 7 heteroatoms. The van der Waals surface area contributed by atoms with E-state index >= 15 is 0 Å². The number of thiazole rings is 1. The van der Waals surface area contributed by atoms with E-state index in [0.717, 1.165) is 41.2 Å². The quantitative estimate of drug-likeness (QED) is 0.481. The zero-order chi connectivity index (χ0) is 21.5. The number of hydrogen-bond acceptors (Lipinski definition) is 6. The van der Waals surface area contributed by atoms with Crippen molar-refractivity contribution in [3.8, 4) is 11.5 Å². The van der Waals surface area contributed by atoms with Crippen LogP contribution >= 0.6 is 11.3 Å². The van der Waals surface area contributed by atoms with Gasteiger partial charge in [-0.3, -0.25) is 9.69 Å². The number of aromatic nitrogens is 1. The summed E-state index contributed by atoms with van der Waals surface area (Å²) >= 11 is 1.49. The van der Waals surface area contributed by atoms with Crippen LogP contribution in [0.1, 0.15) is 19.4 Å². The average Bonchev–Trinajstić information content (AvgIpc) is 3.19. The molecule has 0 atom stereocenters. The van der Waals surface area contributed by atoms with E-state index < -0.39 is 0 Å². The van der Waals surface area contributed by atoms with Gasteiger partial charge < -0.3 is 14.4 Å². The number of methoxy groups -OCH3 is 1. The van der Waals surface area contributed by atoms with Crippen molar-refractivity contribution in [1.29, 1.82) is 0 Å². The molecule has 1 heterocycles. The van der Waals surface area contributed by atoms with Crippen molar-refractivity contribution < 1.29 is 14.3 Å². The van der Waals surface area contributed by atoms with E-state index in [2.05, 4.69) is 18.7 Å². The van der Waals surface area contributed by atoms with Crippen LogP contribution in [0.3, 0.4) is 0 Å². The molecule has 0 unspecified atom stereocenters. The average molecular weight is 428 g/mol. The van der Waals surface area contributed by atoms with Crippen LogP contribution in [0.2, 0.25) is 0 Å². The minimum absolute atomic E-state index is 0.0272. The van der Waals surface area contributed by atoms with Gasteiger partial charge in [0.1, 0.15) is 11.5 Å². The number of nitrogens with zero attached hydrogens (tertiary/aromatic N) is 3. The first-order chi connectivity index (χ1) is 14.5. The molecule has 0 aliphatic rings. The zero-order valence-electron chi connectivity index (χ0n) is 18.1. The Hall–Kier alpha value is -2.64. The zero-order valence-corrected chi connectivity index (χ0v) is 18.9. The summed E-state index contributed by atoms with van der Waals surface area (Å²) in [5.74, 6) is 1.36. The maximum Gasteiger partial charge on any atom is 0.266 e. The minimum atomic E-state index is -0.103. The molecule has 0 N–H and O–H groups in total. The highest BCUT2D eigenvalue weighted by Crippen LogP contribution is 2.31. The molecule has 0 bridgehead atoms. The largest absolute Gasteiger partial charge is 0.497 e. The van der Waals surface area contributed by atoms with Crippen molar-refractivity contribution in [3.63, 3.8) is 0 Å². The Kier molecular flexibility index (Phi) is 7.65. The van der Waals surface area contributed by atoms with Crippen molar-refractivity contribution in [3.05, 3.63) is 48.0 Å². The van der Waals surface area contributed by atoms with Gasteiger partial charge in [-0.25, -0.2) is 4.98 Å². The van der Waals surface area contributed by atoms with Crippen molar-refractivity contribution in [2.24, 2.45) is 0 Å². The normalized spacial score (nSPS) is 11.1. The fourth-order valence-corrected chi connectivity index (χ4v) is 4.14. The molecule has 0 radical (unpaired) electrons. The van der Waals surface area contributed by atoms with Crippen LogP contribution in [0.15, 0.2) is 42.5 Å². The van der Waals surface area contributed by atoms with Gasteiger partial charge in [0, 0.05) is 13.1 Å². The van der Waals surface area contributed by atoms with E-state index in [-0.39, 0.29) is 12.5 Å². The van der Waals surface area contributed by atoms with Crippen molar-refractivity contribution in [2.45, 2.75) is 20.8 Å². The third kappa shape index (κ3) is 5.49. The lowest BCUT2D eigenvalue weighted by Crippen LogP contribution is -2.41. The number of aryl methyl sites for hydroxylation is 1. The highest BCUT2D eigenvalue weighted by molar-refractivity contribution is 7.22. The van der Waals surface area contributed by atoms with Crippen LogP contribution in [0.5, 0.6) is 11.5 Å². The van der Waals surface area contributed by atoms with Gasteiger partial charge in [-0.2, -0.15) is 0 Å². The molecule has 1 aromatic heterocycles. The third-order valence-corrected chi connectivity index (χ3v) is 6.07. The molecule has 30 heavy (non-hydrogen) atoms. The molecule has 0 aliphatic heterocycles. The summed E-state index contributed by atoms with van der Waals surface area (Å²) in [6.45, 7) is 9.47. The van der Waals surface area contributed by atoms with Gasteiger partial charge in [0.2, 0.25) is 0 Å². The molecule has 2 aromatic carbocycles. The second-order valence-electron chi connectivity index (χ2n) is 7.00. The van der Waals surface area contributed by atoms with Gasteiger partial charge in [-0.15, -0.1) is 0 Å². The van der Waals surface area contributed by atoms with Gasteiger partial charge in [0.05, 0.1) is 17.3 Å². The first-order valence-corrected chi connectivity index (χ1v) is 11.0. The number of likely N-dealkylation sites (N-methyl/N-ethyl adjacent to an activating group) is 1. The first-order valence-electron chi connectivity index (χ1n) is 10.2. The summed E-state index contributed by atoms with van der Waals surface area (Å²) in [7, 11) is 1.64. The van der Waals surface area contributed by atoms with Crippen molar-refractivity contribution >= 4 is 32.6 Å². The van der Waals surface area contributed by atoms with Gasteiger partial charge >= 0.3 is 0 Å². The van der Waals surface area contributed by atoms with Crippen LogP contribution in [0, 0.1) is 6.92 Å². The Bertz CT molecular complexity index is 967. The number of ether oxygens (including phenoxy) is 2. The van der Waals surface area contributed by atoms with Crippen LogP contribution < -0.4 is 14.4 Å². The number of carbonyl (C=O) groups is 1. The number of hydrogen-bond donors (Lipinski definition) is 0. The Morgan fingerprint density at radius 1 is 1.03 bits per heavy atom. The van der Waals surface area contributed by atoms with Gasteiger partial charge in [-0.05, 0) is 50.3 Å². The van der Waals surface area contributed by atoms with Gasteiger partial charge in [0.25, 0.3) is 5.91 Å². The molecule has 160 valence electrons. The number of anilines is 1. The maximum atomic E-state index is 13.1. The second-order valence-corrected chi connectivity index (χ2v) is 8.01. The van der Waals surface area contributed by atoms with Crippen LogP contribution in [0.25, 0.3) is 10.2 Å². The minimum Gasteiger partial charge on any atom is -0.497 e. The molecule has 1 amide bonds. The fraction of sp³-hybridized carbons (Fsp3) is 0.391. The lowest BCUT2D eigenvalue weighted by molar-refractivity contribution is -0.120. The highest BCUT2D eigenvalue weighted by atomic mass is 32.1. The van der Waals surface area contributed by atoms with Crippen LogP contribution in [-0.4, -0.2) is 55.7 Å². The molecule has 6 nitrogen and oxygen atoms in total. The molecule has 0 aliphatic carbocycles. The number of benzene rings is 2. The summed E-state index contributed by atoms with van der Waals surface area (Å²) in [5.41, 5.74) is 2.01. The predicted molar refractivity (Wildman–Crippen MR) is 123 cm³/mol. The number of amides is 1. The van der Waals surface area contributed by atoms with Crippen molar-refractivity contribution in [1.82, 2.24) is 9.88 Å². The van der Waals surface area contributed by atoms with E-state index in [0.29, 0.717) is 17.4 Å². The molecule has 3 rings (SSSR count). The van der Waals surface area contributed by atoms with E-state index in [1.165, 1.54) is 11.3 Å². The summed E-state index contributed by atoms with van der Waals surface area (Å²) in [6.07, 6.45) is 0. The van der Waals surface area contributed by atoms with E-state index in [4.69, 9.17) is 14.5 Å². The number of rotatable bonds is 10. The van der Waals surface area contributed by atoms with Gasteiger partial charge in [0.15, 0.2) is 11.7 Å². The Labute approximate surface area is 182 Å². The highest BCUT2D eigenvalue weighted by Gasteiger charge is 2.21. The maximum absolute atomic E-state index is 13.1. The van der Waals surface area contributed by atoms with Gasteiger partial charge in [-0.1, -0.05) is 42.9 Å². The third-order valence-electron chi connectivity index (χ3n) is 5.03. The Morgan fingerprint density at radius 3 is 2.40 bits per heavy atom. The van der Waals surface area contributed by atoms with E-state index in [1.807, 2.05) is 49.4 Å². The molecule has 0 saturated carbocycles. The van der Waals surface area contributed by atoms with Crippen molar-refractivity contribution in [2.75, 3.05) is 44.8 Å². The molecular formula is C23H29N3O3S. The summed E-state index contributed by atoms with van der Waals surface area (Å²) in [4.78, 5) is 21.8. The molecule has 0 spiro atoms. The Balaban J connectivity index is 1.79. The van der Waals surface area contributed by atoms with Crippen LogP contribution in [-0.2, 0) is 4.79 Å². The van der Waals surface area contributed by atoms with E-state index in [1.54, 1.807) is 12.0 Å². The molecule has 0 fully saturated rings. The number of fused-ring (bicyclic) bond motifs is 1. The van der Waals surface area contributed by atoms with Crippen LogP contribution in [0.4, 0.5) is 5.13 Å². The first kappa shape index (κ1) is 22.1. The van der Waals surface area contributed by atoms with E-state index in [9.17, 15) is 4.79 Å². The summed E-state index contributed by atoms with van der Waals surface area (Å²) in [5, 5.41) is 0.683. The topological polar surface area (TPSA) is 54.9 Å². The Morgan fingerprint density at radius 2 is 1.73 bits per heavy atom. The lowest BCUT2D eigenvalue weighted by atomic mass is 10.2. The number of carbonyl (C=O) groups excluding carboxylic acids is 1. The second kappa shape index (κ2) is 10.4. The molecule has 0 saturated heterocycles.